The largest absolute Gasteiger partial charge is 0.497 e. The van der Waals surface area contributed by atoms with Gasteiger partial charge in [-0.25, -0.2) is 4.39 Å². The van der Waals surface area contributed by atoms with Crippen molar-refractivity contribution in [3.8, 4) is 5.75 Å². The van der Waals surface area contributed by atoms with Crippen molar-refractivity contribution in [2.75, 3.05) is 12.4 Å². The van der Waals surface area contributed by atoms with Crippen molar-refractivity contribution in [1.29, 1.82) is 0 Å². The smallest absolute Gasteiger partial charge is 0.294 e. The maximum Gasteiger partial charge on any atom is 0.294 e. The molecule has 2 aromatic rings. The lowest BCUT2D eigenvalue weighted by molar-refractivity contribution is -0.384. The fourth-order valence-electron chi connectivity index (χ4n) is 1.79. The van der Waals surface area contributed by atoms with Gasteiger partial charge in [0.2, 0.25) is 0 Å². The zero-order valence-electron chi connectivity index (χ0n) is 11.1. The summed E-state index contributed by atoms with van der Waals surface area (Å²) in [6.07, 6.45) is 0. The molecule has 2 rings (SSSR count). The number of hydrogen-bond acceptors (Lipinski definition) is 4. The van der Waals surface area contributed by atoms with Crippen molar-refractivity contribution in [3.63, 3.8) is 0 Å². The van der Waals surface area contributed by atoms with Gasteiger partial charge in [-0.1, -0.05) is 23.7 Å². The number of benzene rings is 2. The maximum absolute atomic E-state index is 13.4. The summed E-state index contributed by atoms with van der Waals surface area (Å²) in [5.41, 5.74) is 0.554. The second kappa shape index (κ2) is 6.41. The summed E-state index contributed by atoms with van der Waals surface area (Å²) in [5.74, 6) is -0.00647. The summed E-state index contributed by atoms with van der Waals surface area (Å²) < 4.78 is 18.5. The van der Waals surface area contributed by atoms with Gasteiger partial charge in [0.25, 0.3) is 5.69 Å². The van der Waals surface area contributed by atoms with Gasteiger partial charge in [0, 0.05) is 12.6 Å². The molecule has 0 bridgehead atoms. The lowest BCUT2D eigenvalue weighted by atomic mass is 10.2. The number of nitrogens with one attached hydrogen (secondary N) is 1. The summed E-state index contributed by atoms with van der Waals surface area (Å²) in [7, 11) is 1.56. The van der Waals surface area contributed by atoms with Crippen molar-refractivity contribution in [3.05, 3.63) is 62.9 Å². The van der Waals surface area contributed by atoms with Gasteiger partial charge in [-0.2, -0.15) is 0 Å². The zero-order valence-corrected chi connectivity index (χ0v) is 11.9. The summed E-state index contributed by atoms with van der Waals surface area (Å²) in [6, 6.07) is 9.17. The van der Waals surface area contributed by atoms with E-state index < -0.39 is 10.7 Å². The Morgan fingerprint density at radius 1 is 1.29 bits per heavy atom. The molecule has 0 aliphatic heterocycles. The van der Waals surface area contributed by atoms with E-state index in [-0.39, 0.29) is 22.9 Å². The van der Waals surface area contributed by atoms with E-state index in [2.05, 4.69) is 5.32 Å². The minimum absolute atomic E-state index is 0.0301. The third-order valence-electron chi connectivity index (χ3n) is 2.90. The predicted octanol–water partition coefficient (Wildman–Crippen LogP) is 4.01. The summed E-state index contributed by atoms with van der Waals surface area (Å²) in [4.78, 5) is 10.3. The topological polar surface area (TPSA) is 64.4 Å². The predicted molar refractivity (Wildman–Crippen MR) is 78.4 cm³/mol. The van der Waals surface area contributed by atoms with E-state index in [1.165, 1.54) is 0 Å². The van der Waals surface area contributed by atoms with Crippen LogP contribution in [0.25, 0.3) is 0 Å². The lowest BCUT2D eigenvalue weighted by Crippen LogP contribution is -2.04. The van der Waals surface area contributed by atoms with E-state index in [4.69, 9.17) is 16.3 Å². The number of nitro groups is 1. The molecule has 1 N–H and O–H groups in total. The van der Waals surface area contributed by atoms with E-state index >= 15 is 0 Å². The molecule has 0 saturated carbocycles. The molecule has 0 unspecified atom stereocenters. The first-order chi connectivity index (χ1) is 10.0. The van der Waals surface area contributed by atoms with Gasteiger partial charge < -0.3 is 10.1 Å². The van der Waals surface area contributed by atoms with Gasteiger partial charge in [-0.15, -0.1) is 0 Å². The van der Waals surface area contributed by atoms with E-state index in [0.29, 0.717) is 5.75 Å². The molecule has 0 heterocycles. The van der Waals surface area contributed by atoms with Crippen LogP contribution < -0.4 is 10.1 Å². The van der Waals surface area contributed by atoms with Crippen LogP contribution in [0.5, 0.6) is 5.75 Å². The molecular formula is C14H12ClFN2O3. The highest BCUT2D eigenvalue weighted by atomic mass is 35.5. The van der Waals surface area contributed by atoms with E-state index in [1.807, 2.05) is 0 Å². The van der Waals surface area contributed by atoms with Gasteiger partial charge in [0.05, 0.1) is 12.0 Å². The number of rotatable bonds is 5. The molecule has 0 spiro atoms. The van der Waals surface area contributed by atoms with Crippen LogP contribution >= 0.6 is 11.6 Å². The SMILES string of the molecule is COc1ccc(CNc2c([N+](=O)[O-])ccc(F)c2Cl)cc1. The Morgan fingerprint density at radius 2 is 1.95 bits per heavy atom. The maximum atomic E-state index is 13.4. The first-order valence-electron chi connectivity index (χ1n) is 6.02. The number of anilines is 1. The van der Waals surface area contributed by atoms with Crippen molar-refractivity contribution in [2.45, 2.75) is 6.54 Å². The molecule has 0 aliphatic carbocycles. The van der Waals surface area contributed by atoms with Gasteiger partial charge in [-0.3, -0.25) is 10.1 Å². The van der Waals surface area contributed by atoms with Crippen molar-refractivity contribution >= 4 is 23.0 Å². The molecule has 0 atom stereocenters. The lowest BCUT2D eigenvalue weighted by Gasteiger charge is -2.10. The number of nitro benzene ring substituents is 1. The Labute approximate surface area is 125 Å². The molecule has 0 aromatic heterocycles. The van der Waals surface area contributed by atoms with Crippen LogP contribution in [0, 0.1) is 15.9 Å². The molecule has 5 nitrogen and oxygen atoms in total. The molecule has 2 aromatic carbocycles. The van der Waals surface area contributed by atoms with Crippen LogP contribution in [0.4, 0.5) is 15.8 Å². The fraction of sp³-hybridized carbons (Fsp3) is 0.143. The van der Waals surface area contributed by atoms with Crippen molar-refractivity contribution in [2.24, 2.45) is 0 Å². The summed E-state index contributed by atoms with van der Waals surface area (Å²) >= 11 is 5.79. The average molecular weight is 311 g/mol. The Hall–Kier alpha value is -2.34. The molecule has 110 valence electrons. The molecule has 0 amide bonds. The van der Waals surface area contributed by atoms with Gasteiger partial charge >= 0.3 is 0 Å². The van der Waals surface area contributed by atoms with Crippen molar-refractivity contribution in [1.82, 2.24) is 0 Å². The van der Waals surface area contributed by atoms with E-state index in [0.717, 1.165) is 17.7 Å². The highest BCUT2D eigenvalue weighted by Crippen LogP contribution is 2.34. The van der Waals surface area contributed by atoms with E-state index in [1.54, 1.807) is 31.4 Å². The number of nitrogens with zero attached hydrogens (tertiary/aromatic N) is 1. The Morgan fingerprint density at radius 3 is 2.52 bits per heavy atom. The van der Waals surface area contributed by atoms with Gasteiger partial charge in [0.1, 0.15) is 22.3 Å². The molecular weight excluding hydrogens is 299 g/mol. The highest BCUT2D eigenvalue weighted by Gasteiger charge is 2.19. The minimum Gasteiger partial charge on any atom is -0.497 e. The van der Waals surface area contributed by atoms with Crippen molar-refractivity contribution < 1.29 is 14.1 Å². The summed E-state index contributed by atoms with van der Waals surface area (Å²) in [6.45, 7) is 0.272. The summed E-state index contributed by atoms with van der Waals surface area (Å²) in [5, 5.41) is 13.5. The average Bonchev–Trinajstić information content (AvgIpc) is 2.49. The Balaban J connectivity index is 2.22. The molecule has 7 heteroatoms. The van der Waals surface area contributed by atoms with Gasteiger partial charge in [0.15, 0.2) is 0 Å². The van der Waals surface area contributed by atoms with Gasteiger partial charge in [-0.05, 0) is 23.8 Å². The minimum atomic E-state index is -0.709. The number of ether oxygens (including phenoxy) is 1. The number of hydrogen-bond donors (Lipinski definition) is 1. The fourth-order valence-corrected chi connectivity index (χ4v) is 2.02. The Kier molecular flexibility index (Phi) is 4.59. The third kappa shape index (κ3) is 3.41. The number of methoxy groups -OCH3 is 1. The molecule has 0 radical (unpaired) electrons. The standard InChI is InChI=1S/C14H12ClFN2O3/c1-21-10-4-2-9(3-5-10)8-17-14-12(18(19)20)7-6-11(16)13(14)15/h2-7,17H,8H2,1H3. The van der Waals surface area contributed by atoms with Crippen LogP contribution in [-0.4, -0.2) is 12.0 Å². The quantitative estimate of drug-likeness (QED) is 0.669. The van der Waals surface area contributed by atoms with E-state index in [9.17, 15) is 14.5 Å². The first-order valence-corrected chi connectivity index (χ1v) is 6.40. The normalized spacial score (nSPS) is 10.2. The van der Waals surface area contributed by atoms with Crippen LogP contribution in [0.15, 0.2) is 36.4 Å². The zero-order chi connectivity index (χ0) is 15.4. The monoisotopic (exact) mass is 310 g/mol. The third-order valence-corrected chi connectivity index (χ3v) is 3.27. The second-order valence-corrected chi connectivity index (χ2v) is 4.59. The van der Waals surface area contributed by atoms with Crippen LogP contribution in [0.2, 0.25) is 5.02 Å². The molecule has 0 saturated heterocycles. The van der Waals surface area contributed by atoms with Crippen LogP contribution in [-0.2, 0) is 6.54 Å². The Bertz CT molecular complexity index is 662. The highest BCUT2D eigenvalue weighted by molar-refractivity contribution is 6.33. The number of halogens is 2. The first kappa shape index (κ1) is 15.1. The molecule has 21 heavy (non-hydrogen) atoms. The van der Waals surface area contributed by atoms with Crippen LogP contribution in [0.3, 0.4) is 0 Å². The van der Waals surface area contributed by atoms with Crippen LogP contribution in [0.1, 0.15) is 5.56 Å². The second-order valence-electron chi connectivity index (χ2n) is 4.21. The molecule has 0 aliphatic rings. The molecule has 0 fully saturated rings.